The van der Waals surface area contributed by atoms with Gasteiger partial charge in [0, 0.05) is 24.1 Å². The van der Waals surface area contributed by atoms with Crippen LogP contribution in [0.4, 0.5) is 4.39 Å². The zero-order chi connectivity index (χ0) is 13.4. The summed E-state index contributed by atoms with van der Waals surface area (Å²) in [5.74, 6) is 0.553. The van der Waals surface area contributed by atoms with Gasteiger partial charge in [0.25, 0.3) is 5.56 Å². The molecular formula is C15H15FN2O. The number of fused-ring (bicyclic) bond motifs is 1. The predicted molar refractivity (Wildman–Crippen MR) is 71.5 cm³/mol. The smallest absolute Gasteiger partial charge is 0.254 e. The molecule has 0 amide bonds. The van der Waals surface area contributed by atoms with Gasteiger partial charge in [-0.25, -0.2) is 9.37 Å². The van der Waals surface area contributed by atoms with Gasteiger partial charge in [0.05, 0.1) is 5.69 Å². The van der Waals surface area contributed by atoms with Gasteiger partial charge in [-0.1, -0.05) is 0 Å². The highest BCUT2D eigenvalue weighted by Gasteiger charge is 2.19. The predicted octanol–water partition coefficient (Wildman–Crippen LogP) is 2.95. The van der Waals surface area contributed by atoms with Crippen molar-refractivity contribution in [3.05, 3.63) is 52.3 Å². The van der Waals surface area contributed by atoms with E-state index in [4.69, 9.17) is 0 Å². The number of aromatic nitrogens is 2. The summed E-state index contributed by atoms with van der Waals surface area (Å²) < 4.78 is 14.7. The molecule has 2 heterocycles. The molecular weight excluding hydrogens is 243 g/mol. The SMILES string of the molecule is C[C@@H]1CCCc2nc(-c3ccc(F)cc3)cc(=O)n21. The summed E-state index contributed by atoms with van der Waals surface area (Å²) in [6, 6.07) is 7.83. The largest absolute Gasteiger partial charge is 0.294 e. The molecule has 19 heavy (non-hydrogen) atoms. The molecule has 3 nitrogen and oxygen atoms in total. The highest BCUT2D eigenvalue weighted by atomic mass is 19.1. The molecule has 0 fully saturated rings. The van der Waals surface area contributed by atoms with Crippen LogP contribution in [0.3, 0.4) is 0 Å². The van der Waals surface area contributed by atoms with E-state index < -0.39 is 0 Å². The van der Waals surface area contributed by atoms with E-state index in [2.05, 4.69) is 4.98 Å². The number of nitrogens with zero attached hydrogens (tertiary/aromatic N) is 2. The molecule has 0 bridgehead atoms. The van der Waals surface area contributed by atoms with E-state index in [-0.39, 0.29) is 17.4 Å². The van der Waals surface area contributed by atoms with Crippen molar-refractivity contribution in [2.45, 2.75) is 32.2 Å². The van der Waals surface area contributed by atoms with Gasteiger partial charge in [0.2, 0.25) is 0 Å². The van der Waals surface area contributed by atoms with Crippen LogP contribution in [0.5, 0.6) is 0 Å². The Labute approximate surface area is 110 Å². The minimum Gasteiger partial charge on any atom is -0.294 e. The van der Waals surface area contributed by atoms with Crippen LogP contribution < -0.4 is 5.56 Å². The molecule has 0 N–H and O–H groups in total. The fraction of sp³-hybridized carbons (Fsp3) is 0.333. The van der Waals surface area contributed by atoms with Crippen LogP contribution >= 0.6 is 0 Å². The van der Waals surface area contributed by atoms with Crippen LogP contribution in [-0.4, -0.2) is 9.55 Å². The van der Waals surface area contributed by atoms with Gasteiger partial charge >= 0.3 is 0 Å². The van der Waals surface area contributed by atoms with Crippen molar-refractivity contribution in [1.82, 2.24) is 9.55 Å². The van der Waals surface area contributed by atoms with Crippen LogP contribution in [0.1, 0.15) is 31.6 Å². The van der Waals surface area contributed by atoms with Crippen molar-refractivity contribution < 1.29 is 4.39 Å². The van der Waals surface area contributed by atoms with Gasteiger partial charge in [-0.15, -0.1) is 0 Å². The lowest BCUT2D eigenvalue weighted by atomic mass is 10.0. The third kappa shape index (κ3) is 2.18. The molecule has 3 rings (SSSR count). The Morgan fingerprint density at radius 2 is 2.05 bits per heavy atom. The number of halogens is 1. The molecule has 0 aliphatic carbocycles. The maximum absolute atomic E-state index is 12.9. The highest BCUT2D eigenvalue weighted by molar-refractivity contribution is 5.58. The molecule has 98 valence electrons. The fourth-order valence-corrected chi connectivity index (χ4v) is 2.64. The topological polar surface area (TPSA) is 34.9 Å². The van der Waals surface area contributed by atoms with Crippen LogP contribution in [0, 0.1) is 5.82 Å². The van der Waals surface area contributed by atoms with Crippen molar-refractivity contribution >= 4 is 0 Å². The third-order valence-electron chi connectivity index (χ3n) is 3.63. The van der Waals surface area contributed by atoms with Crippen LogP contribution in [-0.2, 0) is 6.42 Å². The lowest BCUT2D eigenvalue weighted by Crippen LogP contribution is -2.30. The fourth-order valence-electron chi connectivity index (χ4n) is 2.64. The average Bonchev–Trinajstić information content (AvgIpc) is 2.39. The van der Waals surface area contributed by atoms with Gasteiger partial charge in [-0.3, -0.25) is 9.36 Å². The average molecular weight is 258 g/mol. The highest BCUT2D eigenvalue weighted by Crippen LogP contribution is 2.23. The normalized spacial score (nSPS) is 18.1. The van der Waals surface area contributed by atoms with Crippen LogP contribution in [0.2, 0.25) is 0 Å². The first-order valence-electron chi connectivity index (χ1n) is 6.53. The molecule has 0 spiro atoms. The number of rotatable bonds is 1. The number of hydrogen-bond donors (Lipinski definition) is 0. The zero-order valence-corrected chi connectivity index (χ0v) is 10.8. The summed E-state index contributed by atoms with van der Waals surface area (Å²) in [7, 11) is 0. The maximum atomic E-state index is 12.9. The Balaban J connectivity index is 2.12. The minimum atomic E-state index is -0.285. The first kappa shape index (κ1) is 12.1. The molecule has 0 saturated heterocycles. The second kappa shape index (κ2) is 4.61. The van der Waals surface area contributed by atoms with Gasteiger partial charge in [0.1, 0.15) is 11.6 Å². The van der Waals surface area contributed by atoms with Gasteiger partial charge in [-0.05, 0) is 44.0 Å². The second-order valence-corrected chi connectivity index (χ2v) is 5.01. The minimum absolute atomic E-state index is 0.0171. The van der Waals surface area contributed by atoms with E-state index in [9.17, 15) is 9.18 Å². The molecule has 2 aromatic rings. The Morgan fingerprint density at radius 1 is 1.32 bits per heavy atom. The summed E-state index contributed by atoms with van der Waals surface area (Å²) in [6.07, 6.45) is 2.90. The Kier molecular flexibility index (Phi) is 2.93. The molecule has 4 heteroatoms. The first-order chi connectivity index (χ1) is 9.15. The molecule has 1 aliphatic heterocycles. The first-order valence-corrected chi connectivity index (χ1v) is 6.53. The van der Waals surface area contributed by atoms with Gasteiger partial charge in [-0.2, -0.15) is 0 Å². The van der Waals surface area contributed by atoms with Crippen molar-refractivity contribution in [1.29, 1.82) is 0 Å². The van der Waals surface area contributed by atoms with Crippen molar-refractivity contribution in [3.8, 4) is 11.3 Å². The van der Waals surface area contributed by atoms with Gasteiger partial charge < -0.3 is 0 Å². The Morgan fingerprint density at radius 3 is 2.79 bits per heavy atom. The summed E-state index contributed by atoms with van der Waals surface area (Å²) in [5, 5.41) is 0. The van der Waals surface area contributed by atoms with E-state index in [0.717, 1.165) is 30.7 Å². The molecule has 1 atom stereocenters. The van der Waals surface area contributed by atoms with E-state index in [1.54, 1.807) is 22.8 Å². The quantitative estimate of drug-likeness (QED) is 0.788. The molecule has 1 aromatic carbocycles. The monoisotopic (exact) mass is 258 g/mol. The Hall–Kier alpha value is -1.97. The summed E-state index contributed by atoms with van der Waals surface area (Å²) >= 11 is 0. The van der Waals surface area contributed by atoms with Gasteiger partial charge in [0.15, 0.2) is 0 Å². The zero-order valence-electron chi connectivity index (χ0n) is 10.8. The standard InChI is InChI=1S/C15H15FN2O/c1-10-3-2-4-14-17-13(9-15(19)18(10)14)11-5-7-12(16)8-6-11/h5-10H,2-4H2,1H3/t10-/m1/s1. The summed E-state index contributed by atoms with van der Waals surface area (Å²) in [6.45, 7) is 2.04. The summed E-state index contributed by atoms with van der Waals surface area (Å²) in [5.41, 5.74) is 1.39. The van der Waals surface area contributed by atoms with Crippen LogP contribution in [0.15, 0.2) is 35.1 Å². The second-order valence-electron chi connectivity index (χ2n) is 5.01. The molecule has 0 radical (unpaired) electrons. The maximum Gasteiger partial charge on any atom is 0.254 e. The third-order valence-corrected chi connectivity index (χ3v) is 3.63. The lowest BCUT2D eigenvalue weighted by Gasteiger charge is -2.24. The number of benzene rings is 1. The van der Waals surface area contributed by atoms with Crippen LogP contribution in [0.25, 0.3) is 11.3 Å². The van der Waals surface area contributed by atoms with Crippen molar-refractivity contribution in [2.24, 2.45) is 0 Å². The van der Waals surface area contributed by atoms with Crippen molar-refractivity contribution in [3.63, 3.8) is 0 Å². The lowest BCUT2D eigenvalue weighted by molar-refractivity contribution is 0.405. The van der Waals surface area contributed by atoms with Crippen molar-refractivity contribution in [2.75, 3.05) is 0 Å². The van der Waals surface area contributed by atoms with E-state index in [1.807, 2.05) is 6.92 Å². The molecule has 1 aliphatic rings. The summed E-state index contributed by atoms with van der Waals surface area (Å²) in [4.78, 5) is 16.7. The van der Waals surface area contributed by atoms with E-state index in [1.165, 1.54) is 12.1 Å². The number of hydrogen-bond acceptors (Lipinski definition) is 2. The Bertz CT molecular complexity index is 661. The molecule has 0 unspecified atom stereocenters. The number of aryl methyl sites for hydroxylation is 1. The molecule has 1 aromatic heterocycles. The van der Waals surface area contributed by atoms with E-state index in [0.29, 0.717) is 5.69 Å². The molecule has 0 saturated carbocycles. The van der Waals surface area contributed by atoms with E-state index >= 15 is 0 Å².